The van der Waals surface area contributed by atoms with Gasteiger partial charge in [0, 0.05) is 52.1 Å². The molecular weight excluding hydrogens is 728 g/mol. The third-order valence-corrected chi connectivity index (χ3v) is 11.4. The third kappa shape index (κ3) is 7.20. The fourth-order valence-electron chi connectivity index (χ4n) is 7.04. The second kappa shape index (κ2) is 15.7. The van der Waals surface area contributed by atoms with Gasteiger partial charge in [0.25, 0.3) is 11.8 Å². The van der Waals surface area contributed by atoms with Crippen LogP contribution in [-0.4, -0.2) is 81.3 Å². The maximum Gasteiger partial charge on any atom is 0.264 e. The van der Waals surface area contributed by atoms with E-state index in [-0.39, 0.29) is 23.5 Å². The quantitative estimate of drug-likeness (QED) is 0.117. The largest absolute Gasteiger partial charge is 0.382 e. The highest BCUT2D eigenvalue weighted by molar-refractivity contribution is 7.15. The summed E-state index contributed by atoms with van der Waals surface area (Å²) in [5.74, 6) is -0.121. The monoisotopic (exact) mass is 768 g/mol. The van der Waals surface area contributed by atoms with Crippen molar-refractivity contribution in [3.63, 3.8) is 0 Å². The van der Waals surface area contributed by atoms with Crippen molar-refractivity contribution in [1.82, 2.24) is 30.3 Å². The summed E-state index contributed by atoms with van der Waals surface area (Å²) in [5.41, 5.74) is 5.51. The lowest BCUT2D eigenvalue weighted by Crippen LogP contribution is -2.51. The maximum atomic E-state index is 13.3. The predicted molar refractivity (Wildman–Crippen MR) is 207 cm³/mol. The first-order chi connectivity index (χ1) is 26.0. The van der Waals surface area contributed by atoms with Crippen LogP contribution in [-0.2, 0) is 14.3 Å². The number of carbonyl (C=O) groups excluding carboxylic acids is 4. The number of hydrogen-bond donors (Lipinski definition) is 3. The van der Waals surface area contributed by atoms with Gasteiger partial charge >= 0.3 is 0 Å². The molecule has 280 valence electrons. The lowest BCUT2D eigenvalue weighted by atomic mass is 9.99. The summed E-state index contributed by atoms with van der Waals surface area (Å²) in [7, 11) is 0. The number of hydrogen-bond acceptors (Lipinski definition) is 10. The number of rotatable bonds is 13. The number of thiophene rings is 1. The van der Waals surface area contributed by atoms with Gasteiger partial charge in [-0.2, -0.15) is 0 Å². The van der Waals surface area contributed by atoms with E-state index < -0.39 is 29.8 Å². The molecule has 2 atom stereocenters. The first-order valence-electron chi connectivity index (χ1n) is 18.0. The minimum Gasteiger partial charge on any atom is -0.382 e. The molecule has 0 aliphatic carbocycles. The van der Waals surface area contributed by atoms with Crippen molar-refractivity contribution in [3.8, 4) is 5.00 Å². The molecule has 2 aromatic carbocycles. The normalized spacial score (nSPS) is 17.8. The number of anilines is 1. The fraction of sp³-hybridized carbons (Fsp3) is 0.359. The highest BCUT2D eigenvalue weighted by atomic mass is 35.5. The number of aliphatic imine (C=N–C) groups is 1. The zero-order chi connectivity index (χ0) is 38.1. The topological polar surface area (TPSA) is 160 Å². The third-order valence-electron chi connectivity index (χ3n) is 9.92. The minimum absolute atomic E-state index is 0.114. The molecule has 7 rings (SSSR count). The van der Waals surface area contributed by atoms with Crippen LogP contribution < -0.4 is 16.0 Å². The molecule has 0 saturated carbocycles. The molecule has 1 fully saturated rings. The van der Waals surface area contributed by atoms with Crippen molar-refractivity contribution >= 4 is 58.0 Å². The minimum atomic E-state index is -0.864. The Labute approximate surface area is 321 Å². The van der Waals surface area contributed by atoms with Crippen LogP contribution in [0.15, 0.2) is 59.7 Å². The van der Waals surface area contributed by atoms with E-state index in [0.717, 1.165) is 51.0 Å². The van der Waals surface area contributed by atoms with Crippen molar-refractivity contribution in [1.29, 1.82) is 0 Å². The molecule has 13 nitrogen and oxygen atoms in total. The number of amides is 4. The number of unbranched alkanes of at least 4 members (excludes halogenated alkanes) is 1. The van der Waals surface area contributed by atoms with Crippen LogP contribution in [0.5, 0.6) is 0 Å². The molecule has 5 heterocycles. The Morgan fingerprint density at radius 3 is 2.59 bits per heavy atom. The van der Waals surface area contributed by atoms with Crippen LogP contribution in [0.2, 0.25) is 5.02 Å². The molecule has 4 amide bonds. The second-order valence-electron chi connectivity index (χ2n) is 13.6. The molecule has 15 heteroatoms. The number of allylic oxidation sites excluding steroid dienone is 1. The Morgan fingerprint density at radius 1 is 1.02 bits per heavy atom. The summed E-state index contributed by atoms with van der Waals surface area (Å²) >= 11 is 7.89. The first-order valence-corrected chi connectivity index (χ1v) is 19.2. The van der Waals surface area contributed by atoms with Gasteiger partial charge in [0.2, 0.25) is 11.8 Å². The van der Waals surface area contributed by atoms with E-state index in [4.69, 9.17) is 21.3 Å². The Balaban J connectivity index is 0.889. The summed E-state index contributed by atoms with van der Waals surface area (Å²) in [6, 6.07) is 11.2. The van der Waals surface area contributed by atoms with Crippen LogP contribution in [0, 0.1) is 20.8 Å². The SMILES string of the molecule is C=C1CCC(N2C(=O)c3cccc(NCCOCCCCNC(=O)C[C@@H]4N=C(c5ccc(Cl)cc5)c5c(sc(C)c5C)-n5c(C)nnc54)c3C2=O)C(=O)N1. The van der Waals surface area contributed by atoms with E-state index in [1.807, 2.05) is 35.8 Å². The highest BCUT2D eigenvalue weighted by Crippen LogP contribution is 2.40. The molecule has 3 aliphatic heterocycles. The second-order valence-corrected chi connectivity index (χ2v) is 15.2. The molecule has 1 unspecified atom stereocenters. The van der Waals surface area contributed by atoms with Gasteiger partial charge in [0.1, 0.15) is 22.9 Å². The Morgan fingerprint density at radius 2 is 1.81 bits per heavy atom. The van der Waals surface area contributed by atoms with E-state index in [1.54, 1.807) is 29.5 Å². The molecule has 54 heavy (non-hydrogen) atoms. The van der Waals surface area contributed by atoms with Gasteiger partial charge < -0.3 is 20.7 Å². The van der Waals surface area contributed by atoms with Gasteiger partial charge in [-0.15, -0.1) is 21.5 Å². The number of nitrogens with one attached hydrogen (secondary N) is 3. The summed E-state index contributed by atoms with van der Waals surface area (Å²) in [5, 5.41) is 19.4. The van der Waals surface area contributed by atoms with Gasteiger partial charge in [0.15, 0.2) is 5.82 Å². The molecule has 4 aromatic rings. The van der Waals surface area contributed by atoms with Crippen molar-refractivity contribution in [2.24, 2.45) is 4.99 Å². The van der Waals surface area contributed by atoms with E-state index in [0.29, 0.717) is 61.4 Å². The molecule has 2 aromatic heterocycles. The van der Waals surface area contributed by atoms with E-state index in [9.17, 15) is 19.2 Å². The van der Waals surface area contributed by atoms with Crippen LogP contribution in [0.25, 0.3) is 5.00 Å². The molecule has 0 bridgehead atoms. The van der Waals surface area contributed by atoms with Crippen LogP contribution >= 0.6 is 22.9 Å². The average Bonchev–Trinajstić information content (AvgIpc) is 3.72. The van der Waals surface area contributed by atoms with Gasteiger partial charge in [0.05, 0.1) is 29.9 Å². The summed E-state index contributed by atoms with van der Waals surface area (Å²) < 4.78 is 7.84. The number of halogens is 1. The molecule has 3 aliphatic rings. The zero-order valence-corrected chi connectivity index (χ0v) is 31.9. The lowest BCUT2D eigenvalue weighted by Gasteiger charge is -2.29. The van der Waals surface area contributed by atoms with Crippen molar-refractivity contribution in [2.45, 2.75) is 65.0 Å². The summed E-state index contributed by atoms with van der Waals surface area (Å²) in [6.07, 6.45) is 2.41. The average molecular weight is 769 g/mol. The predicted octanol–water partition coefficient (Wildman–Crippen LogP) is 5.60. The molecule has 3 N–H and O–H groups in total. The standard InChI is InChI=1S/C39H41ClN8O5S/c1-21-10-15-30(36(50)43-21)48-37(51)27-8-7-9-28(33(27)38(48)52)41-17-19-53-18-6-5-16-42-31(49)20-29-35-46-45-24(4)47(35)39-32(22(2)23(3)54-39)34(44-29)25-11-13-26(40)14-12-25/h7-9,11-14,29-30,41H,1,5-6,10,15-20H2,2-4H3,(H,42,49)(H,43,50)/t29-,30?/m0/s1. The highest BCUT2D eigenvalue weighted by Gasteiger charge is 2.45. The van der Waals surface area contributed by atoms with E-state index >= 15 is 0 Å². The number of piperidine rings is 1. The van der Waals surface area contributed by atoms with Crippen LogP contribution in [0.3, 0.4) is 0 Å². The van der Waals surface area contributed by atoms with E-state index in [1.165, 1.54) is 4.88 Å². The summed E-state index contributed by atoms with van der Waals surface area (Å²) in [6.45, 7) is 11.6. The van der Waals surface area contributed by atoms with Gasteiger partial charge in [-0.1, -0.05) is 36.4 Å². The number of aryl methyl sites for hydroxylation is 2. The molecule has 1 saturated heterocycles. The lowest BCUT2D eigenvalue weighted by molar-refractivity contribution is -0.125. The first kappa shape index (κ1) is 37.1. The van der Waals surface area contributed by atoms with Crippen LogP contribution in [0.1, 0.15) is 92.1 Å². The number of benzene rings is 2. The van der Waals surface area contributed by atoms with Gasteiger partial charge in [-0.05, 0) is 76.3 Å². The van der Waals surface area contributed by atoms with E-state index in [2.05, 4.69) is 46.6 Å². The zero-order valence-electron chi connectivity index (χ0n) is 30.3. The Bertz CT molecular complexity index is 2190. The number of aromatic nitrogens is 3. The van der Waals surface area contributed by atoms with Crippen molar-refractivity contribution < 1.29 is 23.9 Å². The molecular formula is C39H41ClN8O5S. The number of fused-ring (bicyclic) bond motifs is 4. The number of imide groups is 1. The smallest absolute Gasteiger partial charge is 0.264 e. The Hall–Kier alpha value is -5.18. The molecule has 0 spiro atoms. The maximum absolute atomic E-state index is 13.3. The van der Waals surface area contributed by atoms with Crippen molar-refractivity contribution in [3.05, 3.63) is 104 Å². The van der Waals surface area contributed by atoms with Gasteiger partial charge in [-0.25, -0.2) is 0 Å². The van der Waals surface area contributed by atoms with Crippen molar-refractivity contribution in [2.75, 3.05) is 31.6 Å². The summed E-state index contributed by atoms with van der Waals surface area (Å²) in [4.78, 5) is 59.7. The fourth-order valence-corrected chi connectivity index (χ4v) is 8.38. The Kier molecular flexibility index (Phi) is 10.8. The molecule has 0 radical (unpaired) electrons. The number of carbonyl (C=O) groups is 4. The number of ether oxygens (including phenoxy) is 1. The number of nitrogens with zero attached hydrogens (tertiary/aromatic N) is 5. The van der Waals surface area contributed by atoms with Crippen LogP contribution in [0.4, 0.5) is 5.69 Å². The van der Waals surface area contributed by atoms with Gasteiger partial charge in [-0.3, -0.25) is 33.6 Å².